The van der Waals surface area contributed by atoms with E-state index in [1.54, 1.807) is 0 Å². The van der Waals surface area contributed by atoms with Crippen molar-refractivity contribution in [3.8, 4) is 0 Å². The molecule has 5 aliphatic heterocycles. The molecule has 4 aliphatic carbocycles. The second kappa shape index (κ2) is 59.7. The van der Waals surface area contributed by atoms with Crippen LogP contribution in [0.3, 0.4) is 0 Å². The summed E-state index contributed by atoms with van der Waals surface area (Å²) in [7, 11) is 0. The molecule has 9 aliphatic rings. The molecule has 0 spiro atoms. The standard InChI is InChI=1S/C96H184N8O8.Zn/c1-9-17-25-33-41-49-57-105-81-65-73-74(66-82(81)106-58-50-42-34-26-18-10-2)90-97-89(73)101-91-75-67-83(107-59-51-43-35-27-19-11-3)84(108-60-52-44-36-28-20-12-4)68-76(75)93(98-91)103-95-79-71-87(111-63-55-47-39-31-23-15-7)88(112-64-56-48-40-32-24-16-8)72-80(79)96(100-95)104-94-78-70-86(110-62-54-46-38-30-22-14-6)85(69-77(78)92(99-94)102-90)109-61-53-45-37-29-21-13-5;/h73-104H,9-72H2,1-8H3;/q;+2. The minimum atomic E-state index is 0. The van der Waals surface area contributed by atoms with Crippen molar-refractivity contribution in [3.05, 3.63) is 0 Å². The van der Waals surface area contributed by atoms with Gasteiger partial charge in [0.2, 0.25) is 0 Å². The van der Waals surface area contributed by atoms with Gasteiger partial charge in [0.25, 0.3) is 0 Å². The molecule has 0 aromatic rings. The fourth-order valence-corrected chi connectivity index (χ4v) is 22.1. The predicted octanol–water partition coefficient (Wildman–Crippen LogP) is 21.4. The smallest absolute Gasteiger partial charge is 0.376 e. The minimum Gasteiger partial charge on any atom is -0.376 e. The minimum absolute atomic E-state index is 0. The van der Waals surface area contributed by atoms with Crippen molar-refractivity contribution in [2.45, 2.75) is 513 Å². The Morgan fingerprint density at radius 1 is 0.150 bits per heavy atom. The van der Waals surface area contributed by atoms with Gasteiger partial charge in [-0.15, -0.1) is 0 Å². The maximum atomic E-state index is 7.30. The quantitative estimate of drug-likeness (QED) is 0.0214. The molecule has 16 atom stereocenters. The molecule has 8 bridgehead atoms. The van der Waals surface area contributed by atoms with Crippen LogP contribution in [-0.4, -0.2) is 151 Å². The third-order valence-corrected chi connectivity index (χ3v) is 28.8. The van der Waals surface area contributed by atoms with Gasteiger partial charge in [0.05, 0.1) is 98.2 Å². The predicted molar refractivity (Wildman–Crippen MR) is 465 cm³/mol. The summed E-state index contributed by atoms with van der Waals surface area (Å²) in [5, 5.41) is 36.5. The Kier molecular flexibility index (Phi) is 52.0. The van der Waals surface area contributed by atoms with Gasteiger partial charge in [-0.3, -0.25) is 42.5 Å². The molecule has 0 aromatic heterocycles. The normalized spacial score (nSPS) is 33.3. The number of ether oxygens (including phenoxy) is 8. The van der Waals surface area contributed by atoms with Gasteiger partial charge in [0.15, 0.2) is 0 Å². The summed E-state index contributed by atoms with van der Waals surface area (Å²) in [6.07, 6.45) is 69.4. The van der Waals surface area contributed by atoms with Gasteiger partial charge < -0.3 is 37.9 Å². The molecule has 16 nitrogen and oxygen atoms in total. The van der Waals surface area contributed by atoms with E-state index in [4.69, 9.17) is 37.9 Å². The SMILES string of the molecule is CCCCCCCCOC1CC2C3NC(NC4NC(NC5NC(NC6NC(N3)C3CC(OCCCCCCCC)C(OCCCCCCCC)CC63)C3CC(OCCCCCCCC)C(OCCCCCCCC)CC53)C3CC(OCCCCCCCC)C(OCCCCCCCC)CC43)C2CC1OCCCCCCCC.[Zn+2]. The summed E-state index contributed by atoms with van der Waals surface area (Å²) >= 11 is 0. The monoisotopic (exact) mass is 1640 g/mol. The first-order chi connectivity index (χ1) is 55.3. The first-order valence-corrected chi connectivity index (χ1v) is 50.3. The number of hydrogen-bond acceptors (Lipinski definition) is 16. The van der Waals surface area contributed by atoms with Crippen LogP contribution in [0.15, 0.2) is 0 Å². The van der Waals surface area contributed by atoms with Crippen molar-refractivity contribution in [3.63, 3.8) is 0 Å². The summed E-state index contributed by atoms with van der Waals surface area (Å²) in [4.78, 5) is 0. The second-order valence-corrected chi connectivity index (χ2v) is 37.8. The molecular weight excluding hydrogens is 1460 g/mol. The third-order valence-electron chi connectivity index (χ3n) is 28.8. The average Bonchev–Trinajstić information content (AvgIpc) is 1.62. The Labute approximate surface area is 709 Å². The van der Waals surface area contributed by atoms with Gasteiger partial charge >= 0.3 is 19.5 Å². The summed E-state index contributed by atoms with van der Waals surface area (Å²) < 4.78 is 58.4. The van der Waals surface area contributed by atoms with Crippen LogP contribution < -0.4 is 42.5 Å². The van der Waals surface area contributed by atoms with E-state index in [0.717, 1.165) is 156 Å². The Bertz CT molecular complexity index is 1850. The van der Waals surface area contributed by atoms with E-state index >= 15 is 0 Å². The number of fused-ring (bicyclic) bond motifs is 20. The Hall–Kier alpha value is -0.0166. The van der Waals surface area contributed by atoms with Crippen LogP contribution in [0.5, 0.6) is 0 Å². The first-order valence-electron chi connectivity index (χ1n) is 50.3. The molecule has 656 valence electrons. The largest absolute Gasteiger partial charge is 2.00 e. The first kappa shape index (κ1) is 98.4. The molecule has 113 heavy (non-hydrogen) atoms. The van der Waals surface area contributed by atoms with Crippen LogP contribution in [0.4, 0.5) is 0 Å². The fourth-order valence-electron chi connectivity index (χ4n) is 22.1. The molecule has 16 unspecified atom stereocenters. The molecule has 4 saturated carbocycles. The van der Waals surface area contributed by atoms with Crippen LogP contribution in [-0.2, 0) is 57.4 Å². The summed E-state index contributed by atoms with van der Waals surface area (Å²) in [5.74, 6) is 2.64. The van der Waals surface area contributed by atoms with Crippen molar-refractivity contribution < 1.29 is 57.4 Å². The molecule has 0 aromatic carbocycles. The maximum absolute atomic E-state index is 7.30. The van der Waals surface area contributed by atoms with Crippen LogP contribution in [0.2, 0.25) is 0 Å². The zero-order valence-electron chi connectivity index (χ0n) is 75.1. The fraction of sp³-hybridized carbons (Fsp3) is 1.00. The molecular formula is C96H184N8O8Zn+2. The topological polar surface area (TPSA) is 170 Å². The van der Waals surface area contributed by atoms with Crippen molar-refractivity contribution in [2.24, 2.45) is 47.3 Å². The summed E-state index contributed by atoms with van der Waals surface area (Å²) in [5.41, 5.74) is 0. The van der Waals surface area contributed by atoms with Crippen molar-refractivity contribution in [1.29, 1.82) is 0 Å². The zero-order valence-corrected chi connectivity index (χ0v) is 78.1. The number of nitrogens with one attached hydrogen (secondary N) is 8. The van der Waals surface area contributed by atoms with Gasteiger partial charge in [-0.05, 0) is 150 Å². The van der Waals surface area contributed by atoms with Crippen LogP contribution in [0.25, 0.3) is 0 Å². The van der Waals surface area contributed by atoms with Crippen LogP contribution in [0, 0.1) is 47.3 Å². The zero-order chi connectivity index (χ0) is 78.4. The van der Waals surface area contributed by atoms with E-state index in [9.17, 15) is 0 Å². The Morgan fingerprint density at radius 3 is 0.354 bits per heavy atom. The maximum Gasteiger partial charge on any atom is 2.00 e. The third kappa shape index (κ3) is 33.9. The number of hydrogen-bond donors (Lipinski definition) is 8. The number of unbranched alkanes of at least 4 members (excludes halogenated alkanes) is 40. The van der Waals surface area contributed by atoms with E-state index in [1.165, 1.54) is 257 Å². The average molecular weight is 1640 g/mol. The second-order valence-electron chi connectivity index (χ2n) is 37.8. The van der Waals surface area contributed by atoms with Gasteiger partial charge in [-0.25, -0.2) is 0 Å². The Balaban J connectivity index is 0.0000160. The molecule has 0 radical (unpaired) electrons. The van der Waals surface area contributed by atoms with Crippen molar-refractivity contribution in [2.75, 3.05) is 52.9 Å². The van der Waals surface area contributed by atoms with Gasteiger partial charge in [-0.2, -0.15) is 0 Å². The molecule has 5 heterocycles. The van der Waals surface area contributed by atoms with Crippen molar-refractivity contribution >= 4 is 0 Å². The van der Waals surface area contributed by atoms with Crippen LogP contribution >= 0.6 is 0 Å². The van der Waals surface area contributed by atoms with Crippen molar-refractivity contribution in [1.82, 2.24) is 42.5 Å². The van der Waals surface area contributed by atoms with E-state index < -0.39 is 0 Å². The number of rotatable bonds is 64. The summed E-state index contributed by atoms with van der Waals surface area (Å²) in [6, 6.07) is 0. The van der Waals surface area contributed by atoms with E-state index in [-0.39, 0.29) is 118 Å². The molecule has 0 amide bonds. The van der Waals surface area contributed by atoms with E-state index in [2.05, 4.69) is 97.9 Å². The molecule has 8 N–H and O–H groups in total. The van der Waals surface area contributed by atoms with Gasteiger partial charge in [0.1, 0.15) is 0 Å². The van der Waals surface area contributed by atoms with Gasteiger partial charge in [0, 0.05) is 52.9 Å². The van der Waals surface area contributed by atoms with E-state index in [0.29, 0.717) is 47.3 Å². The molecule has 9 rings (SSSR count). The van der Waals surface area contributed by atoms with Gasteiger partial charge in [-0.1, -0.05) is 312 Å². The molecule has 9 fully saturated rings. The summed E-state index contributed by atoms with van der Waals surface area (Å²) in [6.45, 7) is 25.1. The molecule has 17 heteroatoms. The Morgan fingerprint density at radius 2 is 0.248 bits per heavy atom. The van der Waals surface area contributed by atoms with Crippen LogP contribution in [0.1, 0.15) is 415 Å². The molecule has 5 saturated heterocycles. The van der Waals surface area contributed by atoms with E-state index in [1.807, 2.05) is 0 Å².